The smallest absolute Gasteiger partial charge is 0.252 e. The summed E-state index contributed by atoms with van der Waals surface area (Å²) in [5.41, 5.74) is 0.156. The fourth-order valence-corrected chi connectivity index (χ4v) is 4.93. The van der Waals surface area contributed by atoms with E-state index in [0.29, 0.717) is 31.3 Å². The lowest BCUT2D eigenvalue weighted by molar-refractivity contribution is -0.152. The Kier molecular flexibility index (Phi) is 5.62. The maximum Gasteiger partial charge on any atom is 0.252 e. The maximum atomic E-state index is 12.9. The van der Waals surface area contributed by atoms with Crippen LogP contribution in [0.1, 0.15) is 51.1 Å². The van der Waals surface area contributed by atoms with E-state index in [1.54, 1.807) is 18.6 Å². The van der Waals surface area contributed by atoms with Crippen LogP contribution >= 0.6 is 0 Å². The van der Waals surface area contributed by atoms with Crippen LogP contribution in [0.25, 0.3) is 0 Å². The molecule has 0 radical (unpaired) electrons. The van der Waals surface area contributed by atoms with Crippen LogP contribution in [0.3, 0.4) is 0 Å². The number of amides is 2. The number of aryl methyl sites for hydroxylation is 1. The maximum absolute atomic E-state index is 12.9. The van der Waals surface area contributed by atoms with Crippen molar-refractivity contribution < 1.29 is 14.3 Å². The van der Waals surface area contributed by atoms with Crippen molar-refractivity contribution in [2.24, 2.45) is 11.8 Å². The number of piperidine rings is 1. The van der Waals surface area contributed by atoms with Crippen LogP contribution in [0, 0.1) is 11.8 Å². The second kappa shape index (κ2) is 8.15. The fraction of sp³-hybridized carbons (Fsp3) is 0.714. The van der Waals surface area contributed by atoms with Gasteiger partial charge in [-0.1, -0.05) is 0 Å². The topological polar surface area (TPSA) is 84.4 Å². The molecule has 7 heteroatoms. The average molecular weight is 386 g/mol. The highest BCUT2D eigenvalue weighted by atomic mass is 16.5. The third-order valence-electron chi connectivity index (χ3n) is 6.65. The number of aromatic nitrogens is 2. The molecule has 28 heavy (non-hydrogen) atoms. The Morgan fingerprint density at radius 1 is 1.25 bits per heavy atom. The van der Waals surface area contributed by atoms with Crippen molar-refractivity contribution in [3.8, 4) is 0 Å². The third-order valence-corrected chi connectivity index (χ3v) is 6.65. The molecule has 152 valence electrons. The summed E-state index contributed by atoms with van der Waals surface area (Å²) in [5, 5.41) is 3.29. The summed E-state index contributed by atoms with van der Waals surface area (Å²) in [6, 6.07) is 0.166. The molecule has 0 spiro atoms. The molecular formula is C21H30N4O3. The number of carbonyl (C=O) groups is 2. The number of fused-ring (bicyclic) bond motifs is 2. The number of likely N-dealkylation sites (tertiary alicyclic amines) is 1. The average Bonchev–Trinajstić information content (AvgIpc) is 2.94. The zero-order chi connectivity index (χ0) is 19.6. The minimum absolute atomic E-state index is 0.0246. The molecule has 1 saturated carbocycles. The Balaban J connectivity index is 1.31. The van der Waals surface area contributed by atoms with Crippen molar-refractivity contribution in [2.45, 2.75) is 63.5 Å². The first kappa shape index (κ1) is 19.3. The molecule has 1 aromatic heterocycles. The van der Waals surface area contributed by atoms with Gasteiger partial charge in [0.25, 0.3) is 5.91 Å². The van der Waals surface area contributed by atoms with Gasteiger partial charge in [0.15, 0.2) is 0 Å². The molecule has 4 rings (SSSR count). The van der Waals surface area contributed by atoms with Crippen molar-refractivity contribution in [1.29, 1.82) is 0 Å². The van der Waals surface area contributed by atoms with Crippen LogP contribution in [0.4, 0.5) is 0 Å². The molecule has 1 N–H and O–H groups in total. The van der Waals surface area contributed by atoms with Crippen LogP contribution in [-0.4, -0.2) is 58.0 Å². The predicted molar refractivity (Wildman–Crippen MR) is 103 cm³/mol. The molecule has 0 aromatic carbocycles. The van der Waals surface area contributed by atoms with Crippen LogP contribution in [0.5, 0.6) is 0 Å². The highest BCUT2D eigenvalue weighted by molar-refractivity contribution is 5.85. The van der Waals surface area contributed by atoms with Gasteiger partial charge in [0.1, 0.15) is 5.60 Å². The highest BCUT2D eigenvalue weighted by Crippen LogP contribution is 2.38. The largest absolute Gasteiger partial charge is 0.365 e. The number of ether oxygens (including phenoxy) is 1. The molecule has 1 aromatic rings. The molecule has 3 fully saturated rings. The molecule has 2 amide bonds. The minimum Gasteiger partial charge on any atom is -0.365 e. The summed E-state index contributed by atoms with van der Waals surface area (Å²) < 4.78 is 5.81. The third kappa shape index (κ3) is 4.04. The quantitative estimate of drug-likeness (QED) is 0.833. The van der Waals surface area contributed by atoms with Gasteiger partial charge in [-0.25, -0.2) is 0 Å². The molecule has 3 unspecified atom stereocenters. The minimum atomic E-state index is -0.693. The van der Waals surface area contributed by atoms with Crippen LogP contribution < -0.4 is 5.32 Å². The number of hydrogen-bond acceptors (Lipinski definition) is 5. The molecule has 2 saturated heterocycles. The Morgan fingerprint density at radius 3 is 2.68 bits per heavy atom. The zero-order valence-corrected chi connectivity index (χ0v) is 16.6. The van der Waals surface area contributed by atoms with E-state index in [2.05, 4.69) is 15.3 Å². The van der Waals surface area contributed by atoms with Gasteiger partial charge in [0, 0.05) is 50.7 Å². The molecular weight excluding hydrogens is 356 g/mol. The van der Waals surface area contributed by atoms with Gasteiger partial charge >= 0.3 is 0 Å². The number of nitrogens with zero attached hydrogens (tertiary/aromatic N) is 3. The summed E-state index contributed by atoms with van der Waals surface area (Å²) in [6.45, 7) is 4.04. The molecule has 1 aliphatic carbocycles. The Morgan fingerprint density at radius 2 is 2.04 bits per heavy atom. The Labute approximate surface area is 166 Å². The van der Waals surface area contributed by atoms with Gasteiger partial charge in [-0.15, -0.1) is 0 Å². The number of carbonyl (C=O) groups excluding carboxylic acids is 2. The predicted octanol–water partition coefficient (Wildman–Crippen LogP) is 1.72. The second-order valence-corrected chi connectivity index (χ2v) is 8.63. The molecule has 3 atom stereocenters. The van der Waals surface area contributed by atoms with Crippen LogP contribution in [-0.2, 0) is 20.7 Å². The second-order valence-electron chi connectivity index (χ2n) is 8.63. The Bertz CT molecular complexity index is 691. The Hall–Kier alpha value is -2.02. The zero-order valence-electron chi connectivity index (χ0n) is 16.6. The number of hydrogen-bond donors (Lipinski definition) is 1. The van der Waals surface area contributed by atoms with E-state index < -0.39 is 5.60 Å². The first-order valence-electron chi connectivity index (χ1n) is 10.5. The normalized spacial score (nSPS) is 32.2. The summed E-state index contributed by atoms with van der Waals surface area (Å²) in [7, 11) is 0. The van der Waals surface area contributed by atoms with E-state index in [-0.39, 0.29) is 17.9 Å². The molecule has 2 aliphatic heterocycles. The lowest BCUT2D eigenvalue weighted by atomic mass is 9.89. The van der Waals surface area contributed by atoms with Gasteiger partial charge in [0.2, 0.25) is 5.91 Å². The highest BCUT2D eigenvalue weighted by Gasteiger charge is 2.46. The van der Waals surface area contributed by atoms with E-state index >= 15 is 0 Å². The number of rotatable bonds is 5. The van der Waals surface area contributed by atoms with Crippen molar-refractivity contribution >= 4 is 11.8 Å². The first-order chi connectivity index (χ1) is 13.5. The van der Waals surface area contributed by atoms with Crippen LogP contribution in [0.15, 0.2) is 18.6 Å². The van der Waals surface area contributed by atoms with E-state index in [0.717, 1.165) is 50.9 Å². The van der Waals surface area contributed by atoms with Gasteiger partial charge < -0.3 is 15.0 Å². The summed E-state index contributed by atoms with van der Waals surface area (Å²) >= 11 is 0. The van der Waals surface area contributed by atoms with Crippen molar-refractivity contribution in [1.82, 2.24) is 20.2 Å². The summed E-state index contributed by atoms with van der Waals surface area (Å²) in [6.07, 6.45) is 11.1. The fourth-order valence-electron chi connectivity index (χ4n) is 4.93. The first-order valence-corrected chi connectivity index (χ1v) is 10.5. The van der Waals surface area contributed by atoms with E-state index in [9.17, 15) is 9.59 Å². The summed E-state index contributed by atoms with van der Waals surface area (Å²) in [4.78, 5) is 35.8. The van der Waals surface area contributed by atoms with E-state index in [1.807, 2.05) is 11.8 Å². The monoisotopic (exact) mass is 386 g/mol. The number of nitrogens with one attached hydrogen (secondary N) is 1. The molecule has 7 nitrogen and oxygen atoms in total. The lowest BCUT2D eigenvalue weighted by Crippen LogP contribution is -2.58. The van der Waals surface area contributed by atoms with Gasteiger partial charge in [0.05, 0.1) is 5.69 Å². The van der Waals surface area contributed by atoms with E-state index in [1.165, 1.54) is 0 Å². The van der Waals surface area contributed by atoms with Gasteiger partial charge in [-0.05, 0) is 57.3 Å². The van der Waals surface area contributed by atoms with Crippen molar-refractivity contribution in [3.05, 3.63) is 24.3 Å². The SMILES string of the molecule is CC1(C(=O)NC2C3CCC2CN(C(=O)CCc2cnccn2)C3)CCCCO1. The van der Waals surface area contributed by atoms with Crippen LogP contribution in [0.2, 0.25) is 0 Å². The molecule has 2 bridgehead atoms. The summed E-state index contributed by atoms with van der Waals surface area (Å²) in [5.74, 6) is 0.886. The molecule has 3 heterocycles. The van der Waals surface area contributed by atoms with Gasteiger partial charge in [-0.3, -0.25) is 19.6 Å². The van der Waals surface area contributed by atoms with E-state index in [4.69, 9.17) is 4.74 Å². The lowest BCUT2D eigenvalue weighted by Gasteiger charge is -2.40. The standard InChI is InChI=1S/C21H30N4O3/c1-21(8-2-3-11-28-21)20(27)24-19-15-4-5-16(19)14-25(13-15)18(26)7-6-17-12-22-9-10-23-17/h9-10,12,15-16,19H,2-8,11,13-14H2,1H3,(H,24,27). The van der Waals surface area contributed by atoms with Crippen molar-refractivity contribution in [3.63, 3.8) is 0 Å². The molecule has 3 aliphatic rings. The van der Waals surface area contributed by atoms with Crippen molar-refractivity contribution in [2.75, 3.05) is 19.7 Å². The van der Waals surface area contributed by atoms with Gasteiger partial charge in [-0.2, -0.15) is 0 Å².